The lowest BCUT2D eigenvalue weighted by atomic mass is 9.61. The molecule has 2 aromatic heterocycles. The van der Waals surface area contributed by atoms with Crippen molar-refractivity contribution in [2.24, 2.45) is 18.4 Å². The summed E-state index contributed by atoms with van der Waals surface area (Å²) >= 11 is 0. The van der Waals surface area contributed by atoms with Gasteiger partial charge in [0, 0.05) is 67.7 Å². The molecule has 0 bridgehead atoms. The fourth-order valence-corrected chi connectivity index (χ4v) is 10.7. The number of benzene rings is 2. The van der Waals surface area contributed by atoms with E-state index in [1.165, 1.54) is 12.8 Å². The van der Waals surface area contributed by atoms with Crippen LogP contribution in [-0.2, 0) is 35.1 Å². The van der Waals surface area contributed by atoms with E-state index in [-0.39, 0.29) is 36.5 Å². The highest BCUT2D eigenvalue weighted by atomic mass is 16.5. The summed E-state index contributed by atoms with van der Waals surface area (Å²) in [6.07, 6.45) is 11.0. The summed E-state index contributed by atoms with van der Waals surface area (Å²) in [5.41, 5.74) is 4.57. The van der Waals surface area contributed by atoms with E-state index in [1.54, 1.807) is 36.9 Å². The number of likely N-dealkylation sites (tertiary alicyclic amines) is 2. The molecule has 1 saturated carbocycles. The van der Waals surface area contributed by atoms with Crippen LogP contribution in [-0.4, -0.2) is 113 Å². The highest BCUT2D eigenvalue weighted by molar-refractivity contribution is 6.05. The SMILES string of the molecule is COc1cc(-c2cn(C)c(=O)c3cnc(C(C)(C)CO)cc23)cc(OC)c1CN1CCC(CN2CCC3(CC2)CC(Oc2ccc4c(c2)CN(C2CCC(=O)NC2=O)C4=O)C3)CC1. The van der Waals surface area contributed by atoms with Crippen LogP contribution in [0.4, 0.5) is 0 Å². The van der Waals surface area contributed by atoms with Gasteiger partial charge in [0.15, 0.2) is 0 Å². The summed E-state index contributed by atoms with van der Waals surface area (Å²) < 4.78 is 20.1. The molecular formula is C49H60N6O8. The van der Waals surface area contributed by atoms with Gasteiger partial charge in [0.25, 0.3) is 11.5 Å². The monoisotopic (exact) mass is 860 g/mol. The molecule has 1 atom stereocenters. The normalized spacial score (nSPS) is 21.1. The molecule has 1 unspecified atom stereocenters. The van der Waals surface area contributed by atoms with Crippen molar-refractivity contribution in [3.05, 3.63) is 81.5 Å². The highest BCUT2D eigenvalue weighted by Crippen LogP contribution is 2.51. The fraction of sp³-hybridized carbons (Fsp3) is 0.531. The minimum absolute atomic E-state index is 0.0694. The molecule has 2 aromatic carbocycles. The van der Waals surface area contributed by atoms with Gasteiger partial charge in [-0.25, -0.2) is 0 Å². The van der Waals surface area contributed by atoms with E-state index < -0.39 is 17.4 Å². The molecule has 14 nitrogen and oxygen atoms in total. The van der Waals surface area contributed by atoms with Crippen LogP contribution in [0.25, 0.3) is 21.9 Å². The molecule has 334 valence electrons. The number of aromatic nitrogens is 2. The first kappa shape index (κ1) is 43.0. The van der Waals surface area contributed by atoms with Gasteiger partial charge in [-0.1, -0.05) is 13.8 Å². The zero-order valence-electron chi connectivity index (χ0n) is 37.2. The van der Waals surface area contributed by atoms with Crippen molar-refractivity contribution in [1.82, 2.24) is 29.6 Å². The summed E-state index contributed by atoms with van der Waals surface area (Å²) in [6, 6.07) is 11.0. The lowest BCUT2D eigenvalue weighted by Crippen LogP contribution is -2.52. The highest BCUT2D eigenvalue weighted by Gasteiger charge is 2.47. The Morgan fingerprint density at radius 1 is 0.889 bits per heavy atom. The lowest BCUT2D eigenvalue weighted by molar-refractivity contribution is -0.136. The third-order valence-corrected chi connectivity index (χ3v) is 14.7. The molecule has 1 spiro atoms. The maximum atomic E-state index is 13.2. The van der Waals surface area contributed by atoms with Gasteiger partial charge in [-0.05, 0) is 135 Å². The van der Waals surface area contributed by atoms with Gasteiger partial charge in [-0.2, -0.15) is 0 Å². The molecule has 14 heteroatoms. The van der Waals surface area contributed by atoms with Crippen LogP contribution in [0.3, 0.4) is 0 Å². The number of nitrogens with one attached hydrogen (secondary N) is 1. The van der Waals surface area contributed by atoms with E-state index in [2.05, 4.69) is 20.1 Å². The molecule has 9 rings (SSSR count). The quantitative estimate of drug-likeness (QED) is 0.181. The maximum absolute atomic E-state index is 13.2. The second-order valence-electron chi connectivity index (χ2n) is 19.4. The fourth-order valence-electron chi connectivity index (χ4n) is 10.7. The van der Waals surface area contributed by atoms with Gasteiger partial charge < -0.3 is 33.7 Å². The number of nitrogens with zero attached hydrogens (tertiary/aromatic N) is 5. The van der Waals surface area contributed by atoms with Crippen molar-refractivity contribution in [2.75, 3.05) is 53.6 Å². The summed E-state index contributed by atoms with van der Waals surface area (Å²) in [5, 5.41) is 13.7. The molecule has 2 N–H and O–H groups in total. The number of aliphatic hydroxyl groups is 1. The predicted molar refractivity (Wildman–Crippen MR) is 238 cm³/mol. The zero-order chi connectivity index (χ0) is 44.2. The van der Waals surface area contributed by atoms with Crippen LogP contribution in [0.1, 0.15) is 92.4 Å². The van der Waals surface area contributed by atoms with E-state index >= 15 is 0 Å². The Bertz CT molecular complexity index is 2470. The number of carbonyl (C=O) groups is 3. The maximum Gasteiger partial charge on any atom is 0.259 e. The van der Waals surface area contributed by atoms with Crippen molar-refractivity contribution in [2.45, 2.75) is 95.9 Å². The van der Waals surface area contributed by atoms with Crippen molar-refractivity contribution in [3.8, 4) is 28.4 Å². The Hall–Kier alpha value is -5.31. The van der Waals surface area contributed by atoms with Crippen molar-refractivity contribution >= 4 is 28.5 Å². The molecule has 0 radical (unpaired) electrons. The van der Waals surface area contributed by atoms with Gasteiger partial charge in [-0.15, -0.1) is 0 Å². The number of aliphatic hydroxyl groups excluding tert-OH is 1. The number of aryl methyl sites for hydroxylation is 1. The molecule has 4 fully saturated rings. The number of ether oxygens (including phenoxy) is 3. The second-order valence-corrected chi connectivity index (χ2v) is 19.4. The van der Waals surface area contributed by atoms with E-state index in [4.69, 9.17) is 14.2 Å². The number of rotatable bonds is 12. The Kier molecular flexibility index (Phi) is 11.6. The topological polar surface area (TPSA) is 156 Å². The lowest BCUT2D eigenvalue weighted by Gasteiger charge is -2.52. The van der Waals surface area contributed by atoms with Gasteiger partial charge in [0.05, 0.1) is 37.9 Å². The summed E-state index contributed by atoms with van der Waals surface area (Å²) in [5.74, 6) is 2.07. The second kappa shape index (κ2) is 17.0. The standard InChI is InChI=1S/C49H60N6O8/c1-48(2,29-56)43-21-36-37(24-50-43)46(59)52(3)27-38(36)31-19-41(61-4)39(42(20-31)62-5)28-53-14-10-30(11-15-53)25-54-16-12-49(13-17-54)22-34(23-49)63-33-6-7-35-32(18-33)26-55(47(35)60)40-8-9-44(57)51-45(40)58/h6-7,18-21,24,27,30,34,40,56H,8-17,22-23,25-26,28-29H2,1-5H3,(H,51,57,58). The van der Waals surface area contributed by atoms with E-state index in [9.17, 15) is 24.3 Å². The first-order valence-corrected chi connectivity index (χ1v) is 22.5. The molecular weight excluding hydrogens is 801 g/mol. The zero-order valence-corrected chi connectivity index (χ0v) is 37.2. The Labute approximate surface area is 368 Å². The predicted octanol–water partition coefficient (Wildman–Crippen LogP) is 5.18. The van der Waals surface area contributed by atoms with Crippen LogP contribution in [0.2, 0.25) is 0 Å². The Morgan fingerprint density at radius 2 is 1.60 bits per heavy atom. The van der Waals surface area contributed by atoms with Gasteiger partial charge >= 0.3 is 0 Å². The number of hydrogen-bond acceptors (Lipinski definition) is 11. The number of methoxy groups -OCH3 is 2. The molecule has 5 aliphatic rings. The minimum Gasteiger partial charge on any atom is -0.496 e. The van der Waals surface area contributed by atoms with Crippen LogP contribution in [0.5, 0.6) is 17.2 Å². The number of carbonyl (C=O) groups excluding carboxylic acids is 3. The number of amides is 3. The van der Waals surface area contributed by atoms with Crippen molar-refractivity contribution < 1.29 is 33.7 Å². The third kappa shape index (κ3) is 8.33. The number of pyridine rings is 2. The molecule has 63 heavy (non-hydrogen) atoms. The first-order chi connectivity index (χ1) is 30.3. The number of hydrogen-bond donors (Lipinski definition) is 2. The number of piperidine rings is 3. The van der Waals surface area contributed by atoms with E-state index in [0.29, 0.717) is 47.5 Å². The van der Waals surface area contributed by atoms with Gasteiger partial charge in [0.2, 0.25) is 11.8 Å². The molecule has 4 aromatic rings. The smallest absolute Gasteiger partial charge is 0.259 e. The van der Waals surface area contributed by atoms with Gasteiger partial charge in [-0.3, -0.25) is 34.4 Å². The van der Waals surface area contributed by atoms with Crippen LogP contribution < -0.4 is 25.1 Å². The Balaban J connectivity index is 0.765. The molecule has 6 heterocycles. The Morgan fingerprint density at radius 3 is 2.27 bits per heavy atom. The summed E-state index contributed by atoms with van der Waals surface area (Å²) in [4.78, 5) is 61.7. The molecule has 1 aliphatic carbocycles. The first-order valence-electron chi connectivity index (χ1n) is 22.5. The van der Waals surface area contributed by atoms with E-state index in [1.807, 2.05) is 56.4 Å². The van der Waals surface area contributed by atoms with Crippen LogP contribution in [0, 0.1) is 11.3 Å². The molecule has 3 amide bonds. The molecule has 4 aliphatic heterocycles. The van der Waals surface area contributed by atoms with Crippen molar-refractivity contribution in [1.29, 1.82) is 0 Å². The average molecular weight is 861 g/mol. The van der Waals surface area contributed by atoms with E-state index in [0.717, 1.165) is 103 Å². The van der Waals surface area contributed by atoms with Crippen LogP contribution >= 0.6 is 0 Å². The minimum atomic E-state index is -0.619. The average Bonchev–Trinajstić information content (AvgIpc) is 3.59. The third-order valence-electron chi connectivity index (χ3n) is 14.7. The summed E-state index contributed by atoms with van der Waals surface area (Å²) in [6.45, 7) is 10.2. The number of fused-ring (bicyclic) bond motifs is 2. The molecule has 3 saturated heterocycles. The largest absolute Gasteiger partial charge is 0.496 e. The van der Waals surface area contributed by atoms with Gasteiger partial charge in [0.1, 0.15) is 23.3 Å². The van der Waals surface area contributed by atoms with Crippen molar-refractivity contribution in [3.63, 3.8) is 0 Å². The number of imide groups is 1. The van der Waals surface area contributed by atoms with Crippen LogP contribution in [0.15, 0.2) is 53.6 Å². The summed E-state index contributed by atoms with van der Waals surface area (Å²) in [7, 11) is 5.13.